The minimum absolute atomic E-state index is 0.0756. The van der Waals surface area contributed by atoms with Crippen molar-refractivity contribution in [2.24, 2.45) is 0 Å². The van der Waals surface area contributed by atoms with Gasteiger partial charge in [-0.1, -0.05) is 23.4 Å². The third-order valence-electron chi connectivity index (χ3n) is 5.14. The molecule has 0 saturated heterocycles. The molecule has 1 saturated carbocycles. The van der Waals surface area contributed by atoms with Crippen molar-refractivity contribution in [3.05, 3.63) is 70.5 Å². The Kier molecular flexibility index (Phi) is 4.39. The zero-order valence-corrected chi connectivity index (χ0v) is 16.6. The van der Waals surface area contributed by atoms with E-state index in [0.29, 0.717) is 34.6 Å². The number of thiophene rings is 1. The van der Waals surface area contributed by atoms with Crippen molar-refractivity contribution in [2.45, 2.75) is 32.4 Å². The van der Waals surface area contributed by atoms with Crippen LogP contribution in [0.2, 0.25) is 0 Å². The molecule has 0 radical (unpaired) electrons. The van der Waals surface area contributed by atoms with Gasteiger partial charge in [0.05, 0.1) is 27.2 Å². The molecular weight excluding hydrogens is 389 g/mol. The van der Waals surface area contributed by atoms with Crippen molar-refractivity contribution in [3.8, 4) is 10.6 Å². The van der Waals surface area contributed by atoms with E-state index in [1.165, 1.54) is 12.1 Å². The lowest BCUT2D eigenvalue weighted by Crippen LogP contribution is -2.32. The molecule has 5 nitrogen and oxygen atoms in total. The maximum absolute atomic E-state index is 13.6. The summed E-state index contributed by atoms with van der Waals surface area (Å²) in [6.45, 7) is 2.25. The van der Waals surface area contributed by atoms with Gasteiger partial charge in [-0.05, 0) is 55.0 Å². The van der Waals surface area contributed by atoms with Crippen molar-refractivity contribution in [3.63, 3.8) is 0 Å². The number of amides is 1. The van der Waals surface area contributed by atoms with Crippen LogP contribution in [0.15, 0.2) is 52.4 Å². The Morgan fingerprint density at radius 3 is 2.76 bits per heavy atom. The first kappa shape index (κ1) is 18.0. The van der Waals surface area contributed by atoms with Gasteiger partial charge < -0.3 is 9.42 Å². The number of hydrogen-bond donors (Lipinski definition) is 0. The van der Waals surface area contributed by atoms with Gasteiger partial charge in [0.25, 0.3) is 11.6 Å². The first-order valence-electron chi connectivity index (χ1n) is 9.46. The molecule has 4 aromatic rings. The van der Waals surface area contributed by atoms with E-state index in [2.05, 4.69) is 10.1 Å². The van der Waals surface area contributed by atoms with Gasteiger partial charge in [0, 0.05) is 12.6 Å². The van der Waals surface area contributed by atoms with Gasteiger partial charge in [-0.2, -0.15) is 0 Å². The number of fused-ring (bicyclic) bond motifs is 1. The van der Waals surface area contributed by atoms with Gasteiger partial charge in [0.15, 0.2) is 0 Å². The highest BCUT2D eigenvalue weighted by Gasteiger charge is 2.34. The zero-order valence-electron chi connectivity index (χ0n) is 15.8. The quantitative estimate of drug-likeness (QED) is 0.456. The Hall–Kier alpha value is -3.06. The van der Waals surface area contributed by atoms with Crippen LogP contribution in [0.25, 0.3) is 21.7 Å². The van der Waals surface area contributed by atoms with E-state index in [4.69, 9.17) is 4.52 Å². The first-order valence-corrected chi connectivity index (χ1v) is 10.3. The first-order chi connectivity index (χ1) is 14.1. The summed E-state index contributed by atoms with van der Waals surface area (Å²) in [6, 6.07) is 12.2. The lowest BCUT2D eigenvalue weighted by atomic mass is 10.1. The summed E-state index contributed by atoms with van der Waals surface area (Å²) in [7, 11) is 0. The lowest BCUT2D eigenvalue weighted by molar-refractivity contribution is 0.0732. The summed E-state index contributed by atoms with van der Waals surface area (Å²) >= 11 is 1.56. The summed E-state index contributed by atoms with van der Waals surface area (Å²) in [5.41, 5.74) is 3.16. The topological polar surface area (TPSA) is 59.2 Å². The normalized spacial score (nSPS) is 13.7. The maximum atomic E-state index is 13.6. The van der Waals surface area contributed by atoms with Gasteiger partial charge in [-0.15, -0.1) is 11.3 Å². The molecule has 0 bridgehead atoms. The highest BCUT2D eigenvalue weighted by molar-refractivity contribution is 7.13. The van der Waals surface area contributed by atoms with E-state index < -0.39 is 0 Å². The highest BCUT2D eigenvalue weighted by Crippen LogP contribution is 2.34. The summed E-state index contributed by atoms with van der Waals surface area (Å²) < 4.78 is 18.7. The number of halogens is 1. The van der Waals surface area contributed by atoms with Crippen molar-refractivity contribution >= 4 is 28.3 Å². The second-order valence-corrected chi connectivity index (χ2v) is 8.22. The maximum Gasteiger partial charge on any atom is 0.259 e. The van der Waals surface area contributed by atoms with Crippen LogP contribution < -0.4 is 0 Å². The minimum Gasteiger partial charge on any atom is -0.335 e. The van der Waals surface area contributed by atoms with Crippen LogP contribution in [0, 0.1) is 12.7 Å². The van der Waals surface area contributed by atoms with Gasteiger partial charge >= 0.3 is 0 Å². The lowest BCUT2D eigenvalue weighted by Gasteiger charge is -2.23. The summed E-state index contributed by atoms with van der Waals surface area (Å²) in [4.78, 5) is 21.0. The molecule has 5 rings (SSSR count). The average Bonchev–Trinajstić information content (AvgIpc) is 3.28. The van der Waals surface area contributed by atoms with Crippen LogP contribution >= 0.6 is 11.3 Å². The molecule has 1 aliphatic carbocycles. The summed E-state index contributed by atoms with van der Waals surface area (Å²) in [5, 5.41) is 6.65. The molecule has 3 aromatic heterocycles. The largest absolute Gasteiger partial charge is 0.335 e. The van der Waals surface area contributed by atoms with Crippen LogP contribution in [0.4, 0.5) is 4.39 Å². The summed E-state index contributed by atoms with van der Waals surface area (Å²) in [5.74, 6) is -0.358. The monoisotopic (exact) mass is 407 g/mol. The van der Waals surface area contributed by atoms with Crippen molar-refractivity contribution in [1.82, 2.24) is 15.0 Å². The number of rotatable bonds is 5. The van der Waals surface area contributed by atoms with E-state index in [-0.39, 0.29) is 17.8 Å². The molecule has 3 heterocycles. The molecule has 1 aliphatic rings. The molecule has 1 amide bonds. The molecule has 146 valence electrons. The van der Waals surface area contributed by atoms with E-state index in [1.807, 2.05) is 35.4 Å². The van der Waals surface area contributed by atoms with E-state index in [0.717, 1.165) is 23.3 Å². The molecule has 0 N–H and O–H groups in total. The standard InChI is InChI=1S/C22H18FN3O2S/c1-13-20-17(11-18(19-3-2-10-29-19)24-21(20)28-25-13)22(27)26(16-8-9-16)12-14-4-6-15(23)7-5-14/h2-7,10-11,16H,8-9,12H2,1H3. The van der Waals surface area contributed by atoms with Crippen LogP contribution in [-0.2, 0) is 6.54 Å². The van der Waals surface area contributed by atoms with Crippen LogP contribution in [0.5, 0.6) is 0 Å². The molecule has 0 unspecified atom stereocenters. The zero-order chi connectivity index (χ0) is 20.0. The molecule has 0 aliphatic heterocycles. The van der Waals surface area contributed by atoms with Gasteiger partial charge in [0.1, 0.15) is 5.82 Å². The molecule has 1 aromatic carbocycles. The van der Waals surface area contributed by atoms with Crippen molar-refractivity contribution < 1.29 is 13.7 Å². The fourth-order valence-corrected chi connectivity index (χ4v) is 4.19. The van der Waals surface area contributed by atoms with Crippen LogP contribution in [-0.4, -0.2) is 27.0 Å². The van der Waals surface area contributed by atoms with Gasteiger partial charge in [-0.25, -0.2) is 9.37 Å². The molecule has 29 heavy (non-hydrogen) atoms. The fourth-order valence-electron chi connectivity index (χ4n) is 3.51. The van der Waals surface area contributed by atoms with Crippen LogP contribution in [0.3, 0.4) is 0 Å². The van der Waals surface area contributed by atoms with E-state index in [9.17, 15) is 9.18 Å². The number of carbonyl (C=O) groups excluding carboxylic acids is 1. The third kappa shape index (κ3) is 3.42. The molecule has 0 atom stereocenters. The van der Waals surface area contributed by atoms with E-state index >= 15 is 0 Å². The number of pyridine rings is 1. The molecule has 0 spiro atoms. The summed E-state index contributed by atoms with van der Waals surface area (Å²) in [6.07, 6.45) is 1.95. The number of carbonyl (C=O) groups is 1. The van der Waals surface area contributed by atoms with Gasteiger partial charge in [-0.3, -0.25) is 4.79 Å². The number of aryl methyl sites for hydroxylation is 1. The van der Waals surface area contributed by atoms with E-state index in [1.54, 1.807) is 23.5 Å². The number of nitrogens with zero attached hydrogens (tertiary/aromatic N) is 3. The minimum atomic E-state index is -0.283. The third-order valence-corrected chi connectivity index (χ3v) is 6.03. The van der Waals surface area contributed by atoms with Gasteiger partial charge in [0.2, 0.25) is 0 Å². The SMILES string of the molecule is Cc1noc2nc(-c3cccs3)cc(C(=O)N(Cc3ccc(F)cc3)C3CC3)c12. The second kappa shape index (κ2) is 7.08. The Morgan fingerprint density at radius 1 is 1.28 bits per heavy atom. The van der Waals surface area contributed by atoms with Crippen LogP contribution in [0.1, 0.15) is 34.5 Å². The predicted molar refractivity (Wildman–Crippen MR) is 109 cm³/mol. The average molecular weight is 407 g/mol. The molecular formula is C22H18FN3O2S. The predicted octanol–water partition coefficient (Wildman–Crippen LogP) is 5.20. The number of hydrogen-bond acceptors (Lipinski definition) is 5. The van der Waals surface area contributed by atoms with Crippen molar-refractivity contribution in [1.29, 1.82) is 0 Å². The number of benzene rings is 1. The Balaban J connectivity index is 1.58. The van der Waals surface area contributed by atoms with Crippen molar-refractivity contribution in [2.75, 3.05) is 0 Å². The molecule has 1 fully saturated rings. The highest BCUT2D eigenvalue weighted by atomic mass is 32.1. The number of aromatic nitrogens is 2. The molecule has 7 heteroatoms. The Morgan fingerprint density at radius 2 is 2.07 bits per heavy atom. The Labute approximate surface area is 170 Å². The fraction of sp³-hybridized carbons (Fsp3) is 0.227. The Bertz CT molecular complexity index is 1180. The smallest absolute Gasteiger partial charge is 0.259 e. The second-order valence-electron chi connectivity index (χ2n) is 7.27.